The molecule has 0 saturated carbocycles. The van der Waals surface area contributed by atoms with Gasteiger partial charge in [-0.3, -0.25) is 0 Å². The third-order valence-corrected chi connectivity index (χ3v) is 2.10. The Kier molecular flexibility index (Phi) is 4.43. The van der Waals surface area contributed by atoms with Crippen molar-refractivity contribution in [1.82, 2.24) is 0 Å². The summed E-state index contributed by atoms with van der Waals surface area (Å²) in [6.07, 6.45) is 1.97. The average molecular weight is 229 g/mol. The zero-order valence-corrected chi connectivity index (χ0v) is 9.25. The third-order valence-electron chi connectivity index (χ3n) is 1.88. The van der Waals surface area contributed by atoms with Gasteiger partial charge < -0.3 is 9.84 Å². The summed E-state index contributed by atoms with van der Waals surface area (Å²) in [5.74, 6) is -0.494. The van der Waals surface area contributed by atoms with Gasteiger partial charge in [0.15, 0.2) is 0 Å². The molecule has 0 atom stereocenters. The molecule has 0 amide bonds. The summed E-state index contributed by atoms with van der Waals surface area (Å²) < 4.78 is 5.37. The highest BCUT2D eigenvalue weighted by molar-refractivity contribution is 6.31. The first kappa shape index (κ1) is 11.9. The fourth-order valence-corrected chi connectivity index (χ4v) is 1.33. The van der Waals surface area contributed by atoms with Gasteiger partial charge in [0, 0.05) is 5.02 Å². The molecule has 82 valence electrons. The molecule has 15 heavy (non-hydrogen) atoms. The van der Waals surface area contributed by atoms with Gasteiger partial charge in [-0.15, -0.1) is 0 Å². The number of benzene rings is 1. The molecule has 0 aliphatic carbocycles. The zero-order valence-electron chi connectivity index (χ0n) is 8.50. The van der Waals surface area contributed by atoms with Gasteiger partial charge in [0.1, 0.15) is 5.75 Å². The largest absolute Gasteiger partial charge is 0.494 e. The van der Waals surface area contributed by atoms with Crippen molar-refractivity contribution in [2.45, 2.75) is 19.8 Å². The second kappa shape index (κ2) is 5.61. The summed E-state index contributed by atoms with van der Waals surface area (Å²) >= 11 is 5.76. The van der Waals surface area contributed by atoms with Gasteiger partial charge in [-0.05, 0) is 24.6 Å². The fraction of sp³-hybridized carbons (Fsp3) is 0.364. The van der Waals surface area contributed by atoms with Crippen LogP contribution in [0.15, 0.2) is 18.2 Å². The number of halogens is 1. The predicted octanol–water partition coefficient (Wildman–Crippen LogP) is 3.22. The Bertz CT molecular complexity index is 350. The molecule has 1 rings (SSSR count). The van der Waals surface area contributed by atoms with Crippen LogP contribution in [0.4, 0.5) is 0 Å². The first-order chi connectivity index (χ1) is 7.13. The molecular formula is C11H13ClO3. The molecular weight excluding hydrogens is 216 g/mol. The van der Waals surface area contributed by atoms with Crippen molar-refractivity contribution in [1.29, 1.82) is 0 Å². The highest BCUT2D eigenvalue weighted by atomic mass is 35.5. The minimum absolute atomic E-state index is 0.147. The number of carboxylic acids is 1. The number of ether oxygens (including phenoxy) is 1. The Morgan fingerprint density at radius 2 is 2.20 bits per heavy atom. The highest BCUT2D eigenvalue weighted by Gasteiger charge is 2.06. The molecule has 0 unspecified atom stereocenters. The number of unbranched alkanes of at least 4 members (excludes halogenated alkanes) is 1. The maximum absolute atomic E-state index is 10.7. The number of rotatable bonds is 5. The van der Waals surface area contributed by atoms with Crippen molar-refractivity contribution in [2.24, 2.45) is 0 Å². The van der Waals surface area contributed by atoms with Crippen molar-refractivity contribution in [3.8, 4) is 5.75 Å². The Morgan fingerprint density at radius 3 is 2.80 bits per heavy atom. The van der Waals surface area contributed by atoms with Gasteiger partial charge in [0.05, 0.1) is 12.2 Å². The molecule has 0 heterocycles. The van der Waals surface area contributed by atoms with Gasteiger partial charge in [0.25, 0.3) is 0 Å². The van der Waals surface area contributed by atoms with Crippen LogP contribution in [0.5, 0.6) is 5.75 Å². The fourth-order valence-electron chi connectivity index (χ4n) is 1.10. The molecule has 0 spiro atoms. The van der Waals surface area contributed by atoms with Gasteiger partial charge in [0.2, 0.25) is 0 Å². The Labute approximate surface area is 93.6 Å². The van der Waals surface area contributed by atoms with Gasteiger partial charge in [-0.1, -0.05) is 24.9 Å². The van der Waals surface area contributed by atoms with E-state index in [1.807, 2.05) is 0 Å². The van der Waals surface area contributed by atoms with Gasteiger partial charge in [-0.2, -0.15) is 0 Å². The molecule has 0 radical (unpaired) electrons. The van der Waals surface area contributed by atoms with E-state index in [2.05, 4.69) is 6.92 Å². The van der Waals surface area contributed by atoms with E-state index in [4.69, 9.17) is 21.4 Å². The molecule has 0 fully saturated rings. The quantitative estimate of drug-likeness (QED) is 0.788. The summed E-state index contributed by atoms with van der Waals surface area (Å²) in [6, 6.07) is 4.49. The summed E-state index contributed by atoms with van der Waals surface area (Å²) in [4.78, 5) is 10.7. The lowest BCUT2D eigenvalue weighted by Crippen LogP contribution is -2.00. The standard InChI is InChI=1S/C11H13ClO3/c1-2-3-4-15-10-6-8(11(13)14)5-9(12)7-10/h5-7H,2-4H2,1H3,(H,13,14). The van der Waals surface area contributed by atoms with Crippen molar-refractivity contribution in [2.75, 3.05) is 6.61 Å². The summed E-state index contributed by atoms with van der Waals surface area (Å²) in [6.45, 7) is 2.64. The van der Waals surface area contributed by atoms with E-state index < -0.39 is 5.97 Å². The molecule has 3 nitrogen and oxygen atoms in total. The molecule has 0 aliphatic rings. The molecule has 0 saturated heterocycles. The second-order valence-corrected chi connectivity index (χ2v) is 3.62. The molecule has 4 heteroatoms. The smallest absolute Gasteiger partial charge is 0.335 e. The first-order valence-electron chi connectivity index (χ1n) is 4.80. The minimum Gasteiger partial charge on any atom is -0.494 e. The van der Waals surface area contributed by atoms with Crippen LogP contribution in [0.25, 0.3) is 0 Å². The van der Waals surface area contributed by atoms with Crippen LogP contribution in [-0.4, -0.2) is 17.7 Å². The van der Waals surface area contributed by atoms with Gasteiger partial charge in [-0.25, -0.2) is 4.79 Å². The average Bonchev–Trinajstić information content (AvgIpc) is 2.17. The summed E-state index contributed by atoms with van der Waals surface area (Å²) in [5.41, 5.74) is 0.147. The van der Waals surface area contributed by atoms with E-state index in [9.17, 15) is 4.79 Å². The second-order valence-electron chi connectivity index (χ2n) is 3.18. The van der Waals surface area contributed by atoms with Crippen LogP contribution in [0.1, 0.15) is 30.1 Å². The molecule has 1 aromatic carbocycles. The number of carboxylic acid groups (broad SMARTS) is 1. The Balaban J connectivity index is 2.75. The minimum atomic E-state index is -1.00. The lowest BCUT2D eigenvalue weighted by Gasteiger charge is -2.06. The van der Waals surface area contributed by atoms with Gasteiger partial charge >= 0.3 is 5.97 Å². The van der Waals surface area contributed by atoms with Crippen LogP contribution in [0.3, 0.4) is 0 Å². The molecule has 0 aliphatic heterocycles. The van der Waals surface area contributed by atoms with Crippen LogP contribution < -0.4 is 4.74 Å². The normalized spacial score (nSPS) is 10.0. The van der Waals surface area contributed by atoms with Crippen molar-refractivity contribution >= 4 is 17.6 Å². The van der Waals surface area contributed by atoms with E-state index in [1.54, 1.807) is 6.07 Å². The monoisotopic (exact) mass is 228 g/mol. The topological polar surface area (TPSA) is 46.5 Å². The van der Waals surface area contributed by atoms with Crippen LogP contribution in [0, 0.1) is 0 Å². The lowest BCUT2D eigenvalue weighted by molar-refractivity contribution is 0.0696. The number of aromatic carboxylic acids is 1. The maximum atomic E-state index is 10.7. The first-order valence-corrected chi connectivity index (χ1v) is 5.18. The molecule has 1 N–H and O–H groups in total. The highest BCUT2D eigenvalue weighted by Crippen LogP contribution is 2.21. The van der Waals surface area contributed by atoms with Crippen molar-refractivity contribution < 1.29 is 14.6 Å². The third kappa shape index (κ3) is 3.80. The SMILES string of the molecule is CCCCOc1cc(Cl)cc(C(=O)O)c1. The lowest BCUT2D eigenvalue weighted by atomic mass is 10.2. The van der Waals surface area contributed by atoms with Crippen LogP contribution in [-0.2, 0) is 0 Å². The van der Waals surface area contributed by atoms with E-state index in [-0.39, 0.29) is 5.56 Å². The van der Waals surface area contributed by atoms with E-state index in [0.29, 0.717) is 17.4 Å². The summed E-state index contributed by atoms with van der Waals surface area (Å²) in [7, 11) is 0. The van der Waals surface area contributed by atoms with Crippen LogP contribution in [0.2, 0.25) is 5.02 Å². The molecule has 1 aromatic rings. The van der Waals surface area contributed by atoms with E-state index in [1.165, 1.54) is 12.1 Å². The zero-order chi connectivity index (χ0) is 11.3. The van der Waals surface area contributed by atoms with Crippen molar-refractivity contribution in [3.63, 3.8) is 0 Å². The Morgan fingerprint density at radius 1 is 1.47 bits per heavy atom. The Hall–Kier alpha value is -1.22. The molecule has 0 bridgehead atoms. The van der Waals surface area contributed by atoms with Crippen LogP contribution >= 0.6 is 11.6 Å². The summed E-state index contributed by atoms with van der Waals surface area (Å²) in [5, 5.41) is 9.17. The van der Waals surface area contributed by atoms with E-state index >= 15 is 0 Å². The predicted molar refractivity (Wildman–Crippen MR) is 58.8 cm³/mol. The number of carbonyl (C=O) groups is 1. The number of hydrogen-bond acceptors (Lipinski definition) is 2. The number of hydrogen-bond donors (Lipinski definition) is 1. The maximum Gasteiger partial charge on any atom is 0.335 e. The molecule has 0 aromatic heterocycles. The van der Waals surface area contributed by atoms with E-state index in [0.717, 1.165) is 12.8 Å². The van der Waals surface area contributed by atoms with Crippen molar-refractivity contribution in [3.05, 3.63) is 28.8 Å².